The molecule has 0 aliphatic heterocycles. The highest BCUT2D eigenvalue weighted by Crippen LogP contribution is 2.58. The highest BCUT2D eigenvalue weighted by molar-refractivity contribution is 5.93. The summed E-state index contributed by atoms with van der Waals surface area (Å²) < 4.78 is 0. The van der Waals surface area contributed by atoms with E-state index in [9.17, 15) is 5.26 Å². The predicted octanol–water partition coefficient (Wildman–Crippen LogP) is 14.6. The molecule has 9 aromatic rings. The molecular formula is C58H42N4. The van der Waals surface area contributed by atoms with Crippen LogP contribution < -0.4 is 0 Å². The van der Waals surface area contributed by atoms with Crippen LogP contribution in [0, 0.1) is 11.3 Å². The van der Waals surface area contributed by atoms with Crippen LogP contribution in [0.15, 0.2) is 194 Å². The van der Waals surface area contributed by atoms with Crippen molar-refractivity contribution in [1.29, 1.82) is 5.26 Å². The molecule has 4 nitrogen and oxygen atoms in total. The Labute approximate surface area is 362 Å². The number of nitrogens with zero attached hydrogens (tertiary/aromatic N) is 4. The van der Waals surface area contributed by atoms with E-state index in [0.29, 0.717) is 17.5 Å². The largest absolute Gasteiger partial charge is 0.208 e. The predicted molar refractivity (Wildman–Crippen MR) is 252 cm³/mol. The molecule has 1 spiro atoms. The van der Waals surface area contributed by atoms with E-state index in [1.807, 2.05) is 42.5 Å². The van der Waals surface area contributed by atoms with Gasteiger partial charge in [0.05, 0.1) is 11.6 Å². The normalized spacial score (nSPS) is 13.6. The minimum atomic E-state index is 0.00656. The maximum absolute atomic E-state index is 9.80. The molecule has 0 bridgehead atoms. The molecule has 1 fully saturated rings. The lowest BCUT2D eigenvalue weighted by atomic mass is 9.67. The Bertz CT molecular complexity index is 3110. The highest BCUT2D eigenvalue weighted by Gasteiger charge is 2.44. The van der Waals surface area contributed by atoms with E-state index in [0.717, 1.165) is 51.8 Å². The fourth-order valence-electron chi connectivity index (χ4n) is 9.85. The number of nitriles is 1. The summed E-state index contributed by atoms with van der Waals surface area (Å²) in [5.74, 6) is 1.92. The topological polar surface area (TPSA) is 62.5 Å². The molecule has 0 N–H and O–H groups in total. The Morgan fingerprint density at radius 2 is 0.774 bits per heavy atom. The Kier molecular flexibility index (Phi) is 9.44. The molecule has 11 rings (SSSR count). The zero-order valence-electron chi connectivity index (χ0n) is 34.3. The van der Waals surface area contributed by atoms with Crippen molar-refractivity contribution >= 4 is 0 Å². The maximum atomic E-state index is 9.80. The number of aromatic nitrogens is 3. The van der Waals surface area contributed by atoms with Crippen LogP contribution in [-0.2, 0) is 5.41 Å². The first kappa shape index (κ1) is 37.3. The molecule has 1 saturated carbocycles. The minimum absolute atomic E-state index is 0.00656. The first-order valence-corrected chi connectivity index (χ1v) is 21.6. The first-order valence-electron chi connectivity index (χ1n) is 21.6. The van der Waals surface area contributed by atoms with Gasteiger partial charge in [0.2, 0.25) is 0 Å². The maximum Gasteiger partial charge on any atom is 0.164 e. The molecule has 8 aromatic carbocycles. The van der Waals surface area contributed by atoms with Crippen molar-refractivity contribution in [3.63, 3.8) is 0 Å². The van der Waals surface area contributed by atoms with Gasteiger partial charge in [0.1, 0.15) is 0 Å². The third-order valence-corrected chi connectivity index (χ3v) is 13.0. The highest BCUT2D eigenvalue weighted by atomic mass is 15.0. The van der Waals surface area contributed by atoms with Crippen molar-refractivity contribution in [1.82, 2.24) is 15.0 Å². The van der Waals surface area contributed by atoms with Crippen LogP contribution in [0.4, 0.5) is 0 Å². The summed E-state index contributed by atoms with van der Waals surface area (Å²) in [4.78, 5) is 14.9. The molecule has 4 heteroatoms. The lowest BCUT2D eigenvalue weighted by Crippen LogP contribution is -2.28. The molecule has 0 saturated heterocycles. The monoisotopic (exact) mass is 794 g/mol. The number of fused-ring (bicyclic) bond motifs is 5. The zero-order valence-corrected chi connectivity index (χ0v) is 34.3. The molecule has 1 aromatic heterocycles. The number of benzene rings is 8. The quantitative estimate of drug-likeness (QED) is 0.161. The lowest BCUT2D eigenvalue weighted by molar-refractivity contribution is 0.353. The van der Waals surface area contributed by atoms with Crippen LogP contribution in [0.25, 0.3) is 89.8 Å². The van der Waals surface area contributed by atoms with Gasteiger partial charge in [-0.3, -0.25) is 0 Å². The zero-order chi connectivity index (χ0) is 41.5. The molecular weight excluding hydrogens is 753 g/mol. The third kappa shape index (κ3) is 6.69. The van der Waals surface area contributed by atoms with E-state index >= 15 is 0 Å². The van der Waals surface area contributed by atoms with Crippen molar-refractivity contribution in [2.24, 2.45) is 0 Å². The molecule has 0 amide bonds. The first-order chi connectivity index (χ1) is 30.6. The summed E-state index contributed by atoms with van der Waals surface area (Å²) >= 11 is 0. The van der Waals surface area contributed by atoms with Gasteiger partial charge in [-0.15, -0.1) is 0 Å². The van der Waals surface area contributed by atoms with Crippen molar-refractivity contribution in [3.05, 3.63) is 211 Å². The fourth-order valence-corrected chi connectivity index (χ4v) is 9.85. The molecule has 294 valence electrons. The third-order valence-electron chi connectivity index (χ3n) is 13.0. The molecule has 2 aliphatic carbocycles. The molecule has 0 atom stereocenters. The van der Waals surface area contributed by atoms with Gasteiger partial charge in [-0.05, 0) is 91.7 Å². The van der Waals surface area contributed by atoms with Gasteiger partial charge in [0.15, 0.2) is 17.5 Å². The second-order valence-corrected chi connectivity index (χ2v) is 16.6. The standard InChI is InChI=1S/C58H42N4/c59-38-39-17-34-51-53(37-39)58(35-8-3-9-36-58)52-16-10-15-50(54(51)52)46-28-22-44(23-29-46)42-18-20-43(21-19-42)45-26-32-49(33-27-45)57-61-55(47-13-6-2-7-14-47)60-56(62-57)48-30-24-41(25-31-48)40-11-4-1-5-12-40/h1-2,4-7,10-34,37H,3,8-9,35-36H2. The van der Waals surface area contributed by atoms with E-state index in [1.54, 1.807) is 0 Å². The van der Waals surface area contributed by atoms with Crippen LogP contribution in [0.5, 0.6) is 0 Å². The summed E-state index contributed by atoms with van der Waals surface area (Å²) in [5, 5.41) is 9.80. The average Bonchev–Trinajstić information content (AvgIpc) is 3.62. The Hall–Kier alpha value is -7.74. The van der Waals surface area contributed by atoms with Crippen LogP contribution in [-0.4, -0.2) is 15.0 Å². The molecule has 2 aliphatic rings. The average molecular weight is 795 g/mol. The van der Waals surface area contributed by atoms with Gasteiger partial charge in [-0.1, -0.05) is 201 Å². The molecule has 0 unspecified atom stereocenters. The van der Waals surface area contributed by atoms with E-state index in [-0.39, 0.29) is 5.41 Å². The number of rotatable bonds is 7. The van der Waals surface area contributed by atoms with Crippen molar-refractivity contribution < 1.29 is 0 Å². The second-order valence-electron chi connectivity index (χ2n) is 16.6. The van der Waals surface area contributed by atoms with Crippen LogP contribution in [0.1, 0.15) is 48.8 Å². The van der Waals surface area contributed by atoms with E-state index < -0.39 is 0 Å². The van der Waals surface area contributed by atoms with E-state index in [1.165, 1.54) is 69.3 Å². The molecule has 0 radical (unpaired) electrons. The van der Waals surface area contributed by atoms with Gasteiger partial charge >= 0.3 is 0 Å². The second kappa shape index (κ2) is 15.7. The van der Waals surface area contributed by atoms with Gasteiger partial charge in [0.25, 0.3) is 0 Å². The minimum Gasteiger partial charge on any atom is -0.208 e. The summed E-state index contributed by atoms with van der Waals surface area (Å²) in [6.45, 7) is 0. The van der Waals surface area contributed by atoms with Gasteiger partial charge < -0.3 is 0 Å². The van der Waals surface area contributed by atoms with Gasteiger partial charge in [0, 0.05) is 22.1 Å². The number of hydrogen-bond acceptors (Lipinski definition) is 4. The summed E-state index contributed by atoms with van der Waals surface area (Å²) in [5.41, 5.74) is 18.4. The van der Waals surface area contributed by atoms with Crippen LogP contribution in [0.3, 0.4) is 0 Å². The van der Waals surface area contributed by atoms with Gasteiger partial charge in [-0.2, -0.15) is 5.26 Å². The van der Waals surface area contributed by atoms with Crippen molar-refractivity contribution in [3.8, 4) is 95.9 Å². The van der Waals surface area contributed by atoms with Crippen molar-refractivity contribution in [2.45, 2.75) is 37.5 Å². The van der Waals surface area contributed by atoms with Crippen LogP contribution >= 0.6 is 0 Å². The Balaban J connectivity index is 0.855. The summed E-state index contributed by atoms with van der Waals surface area (Å²) in [6.07, 6.45) is 6.02. The smallest absolute Gasteiger partial charge is 0.164 e. The summed E-state index contributed by atoms with van der Waals surface area (Å²) in [7, 11) is 0. The van der Waals surface area contributed by atoms with E-state index in [2.05, 4.69) is 158 Å². The number of hydrogen-bond donors (Lipinski definition) is 0. The van der Waals surface area contributed by atoms with Crippen molar-refractivity contribution in [2.75, 3.05) is 0 Å². The molecule has 1 heterocycles. The van der Waals surface area contributed by atoms with Crippen LogP contribution in [0.2, 0.25) is 0 Å². The fraction of sp³-hybridized carbons (Fsp3) is 0.103. The van der Waals surface area contributed by atoms with Gasteiger partial charge in [-0.25, -0.2) is 15.0 Å². The van der Waals surface area contributed by atoms with E-state index in [4.69, 9.17) is 15.0 Å². The lowest BCUT2D eigenvalue weighted by Gasteiger charge is -2.36. The SMILES string of the molecule is N#Cc1ccc2c(c1)C1(CCCCC1)c1cccc(-c3ccc(-c4ccc(-c5ccc(-c6nc(-c7ccccc7)nc(-c7ccc(-c8ccccc8)cc7)n6)cc5)cc4)cc3)c1-2. The Morgan fingerprint density at radius 3 is 1.26 bits per heavy atom. The summed E-state index contributed by atoms with van der Waals surface area (Å²) in [6, 6.07) is 70.9. The molecule has 62 heavy (non-hydrogen) atoms. The Morgan fingerprint density at radius 1 is 0.355 bits per heavy atom.